The maximum Gasteiger partial charge on any atom is 0.351 e. The maximum absolute atomic E-state index is 11.3. The Hall–Kier alpha value is -1.59. The van der Waals surface area contributed by atoms with Crippen LogP contribution in [0.1, 0.15) is 19.3 Å². The van der Waals surface area contributed by atoms with E-state index in [1.165, 1.54) is 0 Å². The number of hydrogen-bond acceptors (Lipinski definition) is 5. The molecule has 2 atom stereocenters. The highest BCUT2D eigenvalue weighted by Crippen LogP contribution is 2.38. The number of carbonyl (C=O) groups is 3. The summed E-state index contributed by atoms with van der Waals surface area (Å²) in [5.74, 6) is -2.43. The van der Waals surface area contributed by atoms with Crippen LogP contribution in [-0.2, 0) is 23.9 Å². The Kier molecular flexibility index (Phi) is 1.73. The van der Waals surface area contributed by atoms with Gasteiger partial charge in [-0.25, -0.2) is 9.59 Å². The topological polar surface area (TPSA) is 89.9 Å². The Bertz CT molecular complexity index is 322. The van der Waals surface area contributed by atoms with Gasteiger partial charge in [-0.05, 0) is 0 Å². The second kappa shape index (κ2) is 2.70. The van der Waals surface area contributed by atoms with Crippen LogP contribution in [0.15, 0.2) is 0 Å². The quantitative estimate of drug-likeness (QED) is 0.572. The minimum Gasteiger partial charge on any atom is -0.479 e. The molecule has 1 N–H and O–H groups in total. The summed E-state index contributed by atoms with van der Waals surface area (Å²) in [7, 11) is 0. The lowest BCUT2D eigenvalue weighted by atomic mass is 9.96. The molecule has 6 heteroatoms. The number of cyclic esters (lactones) is 1. The summed E-state index contributed by atoms with van der Waals surface area (Å²) < 4.78 is 9.42. The van der Waals surface area contributed by atoms with Crippen LogP contribution < -0.4 is 0 Å². The summed E-state index contributed by atoms with van der Waals surface area (Å²) in [5, 5.41) is 8.62. The highest BCUT2D eigenvalue weighted by atomic mass is 16.6. The Labute approximate surface area is 78.8 Å². The highest BCUT2D eigenvalue weighted by Gasteiger charge is 2.57. The standard InChI is InChI=1S/C8H8O6/c9-5-1-2-8(14-5)3-4(6(10)11)13-7(8)12/h4H,1-3H2,(H,10,11). The summed E-state index contributed by atoms with van der Waals surface area (Å²) in [6.45, 7) is 0. The van der Waals surface area contributed by atoms with Crippen molar-refractivity contribution in [2.45, 2.75) is 31.0 Å². The van der Waals surface area contributed by atoms with Gasteiger partial charge >= 0.3 is 17.9 Å². The molecule has 6 nitrogen and oxygen atoms in total. The van der Waals surface area contributed by atoms with Gasteiger partial charge in [-0.1, -0.05) is 0 Å². The Balaban J connectivity index is 2.19. The van der Waals surface area contributed by atoms with Crippen LogP contribution >= 0.6 is 0 Å². The van der Waals surface area contributed by atoms with Gasteiger partial charge in [0.15, 0.2) is 0 Å². The van der Waals surface area contributed by atoms with E-state index >= 15 is 0 Å². The summed E-state index contributed by atoms with van der Waals surface area (Å²) in [6.07, 6.45) is -0.906. The zero-order chi connectivity index (χ0) is 10.3. The first-order chi connectivity index (χ1) is 6.53. The summed E-state index contributed by atoms with van der Waals surface area (Å²) >= 11 is 0. The minimum absolute atomic E-state index is 0.0765. The second-order valence-electron chi connectivity index (χ2n) is 3.40. The van der Waals surface area contributed by atoms with Crippen LogP contribution in [-0.4, -0.2) is 34.7 Å². The van der Waals surface area contributed by atoms with E-state index in [0.717, 1.165) is 0 Å². The van der Waals surface area contributed by atoms with Crippen LogP contribution in [0.4, 0.5) is 0 Å². The molecule has 76 valence electrons. The first-order valence-electron chi connectivity index (χ1n) is 4.19. The third kappa shape index (κ3) is 1.14. The van der Waals surface area contributed by atoms with Crippen LogP contribution in [0.3, 0.4) is 0 Å². The van der Waals surface area contributed by atoms with E-state index in [0.29, 0.717) is 0 Å². The largest absolute Gasteiger partial charge is 0.479 e. The molecule has 2 aliphatic rings. The monoisotopic (exact) mass is 200 g/mol. The number of rotatable bonds is 1. The van der Waals surface area contributed by atoms with Crippen molar-refractivity contribution in [3.63, 3.8) is 0 Å². The second-order valence-corrected chi connectivity index (χ2v) is 3.40. The molecule has 2 unspecified atom stereocenters. The number of carboxylic acids is 1. The van der Waals surface area contributed by atoms with Gasteiger partial charge in [0.25, 0.3) is 0 Å². The fourth-order valence-corrected chi connectivity index (χ4v) is 1.71. The molecule has 0 bridgehead atoms. The molecule has 2 heterocycles. The third-order valence-electron chi connectivity index (χ3n) is 2.45. The number of hydrogen-bond donors (Lipinski definition) is 1. The Morgan fingerprint density at radius 3 is 2.64 bits per heavy atom. The van der Waals surface area contributed by atoms with Crippen molar-refractivity contribution < 1.29 is 29.0 Å². The number of esters is 2. The van der Waals surface area contributed by atoms with E-state index in [2.05, 4.69) is 4.74 Å². The first-order valence-corrected chi connectivity index (χ1v) is 4.19. The van der Waals surface area contributed by atoms with E-state index in [4.69, 9.17) is 9.84 Å². The van der Waals surface area contributed by atoms with Gasteiger partial charge in [0.05, 0.1) is 0 Å². The smallest absolute Gasteiger partial charge is 0.351 e. The normalized spacial score (nSPS) is 35.9. The number of carbonyl (C=O) groups excluding carboxylic acids is 2. The van der Waals surface area contributed by atoms with Crippen molar-refractivity contribution in [3.05, 3.63) is 0 Å². The van der Waals surface area contributed by atoms with Gasteiger partial charge in [0, 0.05) is 19.3 Å². The van der Waals surface area contributed by atoms with Crippen molar-refractivity contribution in [1.29, 1.82) is 0 Å². The molecular weight excluding hydrogens is 192 g/mol. The zero-order valence-electron chi connectivity index (χ0n) is 7.19. The molecule has 0 radical (unpaired) electrons. The fraction of sp³-hybridized carbons (Fsp3) is 0.625. The molecule has 0 aromatic carbocycles. The maximum atomic E-state index is 11.3. The average molecular weight is 200 g/mol. The fourth-order valence-electron chi connectivity index (χ4n) is 1.71. The zero-order valence-corrected chi connectivity index (χ0v) is 7.19. The van der Waals surface area contributed by atoms with Gasteiger partial charge in [-0.3, -0.25) is 4.79 Å². The lowest BCUT2D eigenvalue weighted by Crippen LogP contribution is -2.34. The van der Waals surface area contributed by atoms with E-state index in [1.807, 2.05) is 0 Å². The van der Waals surface area contributed by atoms with Crippen molar-refractivity contribution in [1.82, 2.24) is 0 Å². The Morgan fingerprint density at radius 2 is 2.21 bits per heavy atom. The lowest BCUT2D eigenvalue weighted by Gasteiger charge is -2.15. The summed E-state index contributed by atoms with van der Waals surface area (Å²) in [5.41, 5.74) is -1.32. The number of ether oxygens (including phenoxy) is 2. The van der Waals surface area contributed by atoms with E-state index in [-0.39, 0.29) is 19.3 Å². The summed E-state index contributed by atoms with van der Waals surface area (Å²) in [4.78, 5) is 32.7. The van der Waals surface area contributed by atoms with Crippen molar-refractivity contribution >= 4 is 17.9 Å². The molecule has 2 aliphatic heterocycles. The molecule has 0 aromatic rings. The predicted molar refractivity (Wildman–Crippen MR) is 40.2 cm³/mol. The van der Waals surface area contributed by atoms with E-state index < -0.39 is 29.6 Å². The van der Waals surface area contributed by atoms with Gasteiger partial charge in [0.1, 0.15) is 0 Å². The van der Waals surface area contributed by atoms with E-state index in [9.17, 15) is 14.4 Å². The first kappa shape index (κ1) is 8.98. The molecule has 1 spiro atoms. The molecule has 2 fully saturated rings. The van der Waals surface area contributed by atoms with Crippen LogP contribution in [0.5, 0.6) is 0 Å². The van der Waals surface area contributed by atoms with Crippen molar-refractivity contribution in [2.75, 3.05) is 0 Å². The lowest BCUT2D eigenvalue weighted by molar-refractivity contribution is -0.166. The molecule has 0 amide bonds. The molecule has 14 heavy (non-hydrogen) atoms. The number of aliphatic carboxylic acids is 1. The molecule has 0 aliphatic carbocycles. The van der Waals surface area contributed by atoms with Crippen LogP contribution in [0.2, 0.25) is 0 Å². The van der Waals surface area contributed by atoms with Gasteiger partial charge in [0.2, 0.25) is 11.7 Å². The van der Waals surface area contributed by atoms with Crippen LogP contribution in [0, 0.1) is 0 Å². The molecule has 2 rings (SSSR count). The van der Waals surface area contributed by atoms with E-state index in [1.54, 1.807) is 0 Å². The summed E-state index contributed by atoms with van der Waals surface area (Å²) in [6, 6.07) is 0. The predicted octanol–water partition coefficient (Wildman–Crippen LogP) is -0.538. The van der Waals surface area contributed by atoms with Gasteiger partial charge in [-0.15, -0.1) is 0 Å². The molecule has 0 saturated carbocycles. The Morgan fingerprint density at radius 1 is 1.50 bits per heavy atom. The molecular formula is C8H8O6. The van der Waals surface area contributed by atoms with Crippen molar-refractivity contribution in [2.24, 2.45) is 0 Å². The average Bonchev–Trinajstić information content (AvgIpc) is 2.60. The van der Waals surface area contributed by atoms with Gasteiger partial charge in [-0.2, -0.15) is 0 Å². The molecule has 2 saturated heterocycles. The van der Waals surface area contributed by atoms with Crippen LogP contribution in [0.25, 0.3) is 0 Å². The van der Waals surface area contributed by atoms with Crippen molar-refractivity contribution in [3.8, 4) is 0 Å². The number of carboxylic acid groups (broad SMARTS) is 1. The highest BCUT2D eigenvalue weighted by molar-refractivity contribution is 5.92. The SMILES string of the molecule is O=C1CCC2(CC(C(=O)O)OC2=O)O1. The molecule has 0 aromatic heterocycles. The van der Waals surface area contributed by atoms with Gasteiger partial charge < -0.3 is 14.6 Å². The third-order valence-corrected chi connectivity index (χ3v) is 2.45. The minimum atomic E-state index is -1.32.